The van der Waals surface area contributed by atoms with E-state index >= 15 is 0 Å². The van der Waals surface area contributed by atoms with Crippen molar-refractivity contribution in [3.63, 3.8) is 0 Å². The summed E-state index contributed by atoms with van der Waals surface area (Å²) in [4.78, 5) is 0. The maximum atomic E-state index is 11.3. The van der Waals surface area contributed by atoms with Gasteiger partial charge in [-0.25, -0.2) is 13.6 Å². The monoisotopic (exact) mass is 227 g/mol. The molecule has 4 nitrogen and oxygen atoms in total. The lowest BCUT2D eigenvalue weighted by Crippen LogP contribution is -2.30. The number of nitrogens with two attached hydrogens (primary N) is 1. The predicted octanol–water partition coefficient (Wildman–Crippen LogP) is 0.805. The number of sulfonamides is 1. The summed E-state index contributed by atoms with van der Waals surface area (Å²) in [6, 6.07) is 9.31. The molecule has 2 atom stereocenters. The molecule has 0 spiro atoms. The third-order valence-electron chi connectivity index (χ3n) is 2.59. The van der Waals surface area contributed by atoms with Crippen molar-refractivity contribution in [2.24, 2.45) is 5.14 Å². The van der Waals surface area contributed by atoms with Crippen molar-refractivity contribution in [2.45, 2.75) is 17.8 Å². The summed E-state index contributed by atoms with van der Waals surface area (Å²) in [5.41, 5.74) is 0.869. The number of hydrogen-bond acceptors (Lipinski definition) is 3. The Balaban J connectivity index is 2.30. The van der Waals surface area contributed by atoms with Crippen LogP contribution in [0.15, 0.2) is 30.3 Å². The third kappa shape index (κ3) is 2.19. The molecule has 1 aromatic rings. The van der Waals surface area contributed by atoms with Crippen LogP contribution in [0.25, 0.3) is 0 Å². The van der Waals surface area contributed by atoms with E-state index < -0.39 is 21.4 Å². The van der Waals surface area contributed by atoms with E-state index in [0.29, 0.717) is 13.0 Å². The van der Waals surface area contributed by atoms with Crippen molar-refractivity contribution in [1.82, 2.24) is 0 Å². The van der Waals surface area contributed by atoms with Crippen LogP contribution in [0, 0.1) is 0 Å². The van der Waals surface area contributed by atoms with Crippen LogP contribution < -0.4 is 5.14 Å². The standard InChI is InChI=1S/C10H13NO3S/c11-15(12,13)9-6-7-14-10(9)8-4-2-1-3-5-8/h1-5,9-10H,6-7H2,(H2,11,12,13). The second kappa shape index (κ2) is 3.92. The zero-order chi connectivity index (χ0) is 10.9. The van der Waals surface area contributed by atoms with Crippen molar-refractivity contribution in [2.75, 3.05) is 6.61 Å². The van der Waals surface area contributed by atoms with Crippen molar-refractivity contribution in [3.8, 4) is 0 Å². The van der Waals surface area contributed by atoms with Gasteiger partial charge < -0.3 is 4.74 Å². The Morgan fingerprint density at radius 1 is 1.27 bits per heavy atom. The molecule has 0 aliphatic carbocycles. The van der Waals surface area contributed by atoms with Crippen LogP contribution in [0.1, 0.15) is 18.1 Å². The average molecular weight is 227 g/mol. The molecule has 82 valence electrons. The van der Waals surface area contributed by atoms with Gasteiger partial charge in [-0.1, -0.05) is 30.3 Å². The molecule has 2 N–H and O–H groups in total. The molecule has 1 fully saturated rings. The summed E-state index contributed by atoms with van der Waals surface area (Å²) in [7, 11) is -3.52. The van der Waals surface area contributed by atoms with Crippen LogP contribution in [-0.2, 0) is 14.8 Å². The van der Waals surface area contributed by atoms with Crippen LogP contribution in [0.3, 0.4) is 0 Å². The number of benzene rings is 1. The van der Waals surface area contributed by atoms with Crippen molar-refractivity contribution in [3.05, 3.63) is 35.9 Å². The first-order valence-corrected chi connectivity index (χ1v) is 6.38. The Bertz CT molecular complexity index is 429. The van der Waals surface area contributed by atoms with E-state index in [-0.39, 0.29) is 0 Å². The van der Waals surface area contributed by atoms with Gasteiger partial charge in [0, 0.05) is 6.61 Å². The normalized spacial score (nSPS) is 26.7. The molecule has 1 aliphatic heterocycles. The molecule has 1 heterocycles. The smallest absolute Gasteiger partial charge is 0.214 e. The van der Waals surface area contributed by atoms with Gasteiger partial charge in [-0.3, -0.25) is 0 Å². The highest BCUT2D eigenvalue weighted by atomic mass is 32.2. The van der Waals surface area contributed by atoms with E-state index in [1.807, 2.05) is 30.3 Å². The maximum Gasteiger partial charge on any atom is 0.214 e. The van der Waals surface area contributed by atoms with Crippen molar-refractivity contribution >= 4 is 10.0 Å². The lowest BCUT2D eigenvalue weighted by atomic mass is 10.1. The average Bonchev–Trinajstić information content (AvgIpc) is 2.67. The van der Waals surface area contributed by atoms with E-state index in [1.54, 1.807) is 0 Å². The number of ether oxygens (including phenoxy) is 1. The summed E-state index contributed by atoms with van der Waals surface area (Å²) in [6.07, 6.45) is 0.0551. The second-order valence-electron chi connectivity index (χ2n) is 3.62. The van der Waals surface area contributed by atoms with Crippen LogP contribution in [0.2, 0.25) is 0 Å². The molecule has 2 rings (SSSR count). The number of hydrogen-bond donors (Lipinski definition) is 1. The molecule has 0 amide bonds. The highest BCUT2D eigenvalue weighted by Crippen LogP contribution is 2.32. The zero-order valence-electron chi connectivity index (χ0n) is 8.17. The SMILES string of the molecule is NS(=O)(=O)C1CCOC1c1ccccc1. The topological polar surface area (TPSA) is 69.4 Å². The van der Waals surface area contributed by atoms with Gasteiger partial charge in [0.1, 0.15) is 11.4 Å². The molecule has 0 radical (unpaired) electrons. The minimum Gasteiger partial charge on any atom is -0.372 e. The Kier molecular flexibility index (Phi) is 2.77. The van der Waals surface area contributed by atoms with Gasteiger partial charge in [0.15, 0.2) is 0 Å². The van der Waals surface area contributed by atoms with Gasteiger partial charge in [-0.2, -0.15) is 0 Å². The molecule has 2 unspecified atom stereocenters. The van der Waals surface area contributed by atoms with Crippen LogP contribution in [-0.4, -0.2) is 20.3 Å². The van der Waals surface area contributed by atoms with Gasteiger partial charge >= 0.3 is 0 Å². The Labute approximate surface area is 89.1 Å². The predicted molar refractivity (Wildman–Crippen MR) is 56.6 cm³/mol. The first-order valence-electron chi connectivity index (χ1n) is 4.77. The van der Waals surface area contributed by atoms with Gasteiger partial charge in [0.2, 0.25) is 10.0 Å². The van der Waals surface area contributed by atoms with E-state index in [1.165, 1.54) is 0 Å². The molecule has 0 bridgehead atoms. The summed E-state index contributed by atoms with van der Waals surface area (Å²) in [5.74, 6) is 0. The minimum atomic E-state index is -3.52. The summed E-state index contributed by atoms with van der Waals surface area (Å²) in [6.45, 7) is 0.445. The van der Waals surface area contributed by atoms with Gasteiger partial charge in [-0.15, -0.1) is 0 Å². The Hall–Kier alpha value is -0.910. The number of rotatable bonds is 2. The highest BCUT2D eigenvalue weighted by molar-refractivity contribution is 7.89. The molecule has 1 saturated heterocycles. The summed E-state index contributed by atoms with van der Waals surface area (Å²) in [5, 5.41) is 4.55. The molecular weight excluding hydrogens is 214 g/mol. The van der Waals surface area contributed by atoms with E-state index in [9.17, 15) is 8.42 Å². The fourth-order valence-corrected chi connectivity index (χ4v) is 2.87. The quantitative estimate of drug-likeness (QED) is 0.812. The Morgan fingerprint density at radius 2 is 1.93 bits per heavy atom. The lowest BCUT2D eigenvalue weighted by molar-refractivity contribution is 0.113. The first-order chi connectivity index (χ1) is 7.09. The van der Waals surface area contributed by atoms with Crippen LogP contribution in [0.5, 0.6) is 0 Å². The molecule has 1 aliphatic rings. The molecule has 0 aromatic heterocycles. The first kappa shape index (κ1) is 10.6. The zero-order valence-corrected chi connectivity index (χ0v) is 8.98. The molecule has 5 heteroatoms. The Morgan fingerprint density at radius 3 is 2.53 bits per heavy atom. The molecule has 1 aromatic carbocycles. The lowest BCUT2D eigenvalue weighted by Gasteiger charge is -2.16. The van der Waals surface area contributed by atoms with E-state index in [4.69, 9.17) is 9.88 Å². The molecular formula is C10H13NO3S. The fourth-order valence-electron chi connectivity index (χ4n) is 1.86. The largest absolute Gasteiger partial charge is 0.372 e. The van der Waals surface area contributed by atoms with E-state index in [2.05, 4.69) is 0 Å². The van der Waals surface area contributed by atoms with Gasteiger partial charge in [-0.05, 0) is 12.0 Å². The van der Waals surface area contributed by atoms with Crippen LogP contribution >= 0.6 is 0 Å². The third-order valence-corrected chi connectivity index (χ3v) is 3.91. The minimum absolute atomic E-state index is 0.416. The fraction of sp³-hybridized carbons (Fsp3) is 0.400. The summed E-state index contributed by atoms with van der Waals surface area (Å²) < 4.78 is 28.0. The van der Waals surface area contributed by atoms with Gasteiger partial charge in [0.05, 0.1) is 0 Å². The maximum absolute atomic E-state index is 11.3. The van der Waals surface area contributed by atoms with Gasteiger partial charge in [0.25, 0.3) is 0 Å². The van der Waals surface area contributed by atoms with Crippen molar-refractivity contribution < 1.29 is 13.2 Å². The molecule has 15 heavy (non-hydrogen) atoms. The van der Waals surface area contributed by atoms with E-state index in [0.717, 1.165) is 5.56 Å². The van der Waals surface area contributed by atoms with Crippen LogP contribution in [0.4, 0.5) is 0 Å². The highest BCUT2D eigenvalue weighted by Gasteiger charge is 2.37. The second-order valence-corrected chi connectivity index (χ2v) is 5.40. The van der Waals surface area contributed by atoms with Crippen molar-refractivity contribution in [1.29, 1.82) is 0 Å². The molecule has 0 saturated carbocycles. The number of primary sulfonamides is 1. The summed E-state index contributed by atoms with van der Waals surface area (Å²) >= 11 is 0.